The molecule has 0 bridgehead atoms. The Kier molecular flexibility index (Phi) is 4.81. The van der Waals surface area contributed by atoms with Crippen LogP contribution >= 0.6 is 11.8 Å². The summed E-state index contributed by atoms with van der Waals surface area (Å²) in [5.41, 5.74) is 3.61. The summed E-state index contributed by atoms with van der Waals surface area (Å²) in [7, 11) is 0. The van der Waals surface area contributed by atoms with Crippen molar-refractivity contribution in [1.29, 1.82) is 0 Å². The molecule has 1 aliphatic rings. The SMILES string of the molecule is Cc1ccc([C@@H]2[C@@H](Sc3ccccc3)C(=O)N2Cc2ccccc2)cc1. The highest BCUT2D eigenvalue weighted by molar-refractivity contribution is 8.00. The summed E-state index contributed by atoms with van der Waals surface area (Å²) in [5, 5.41) is -0.0659. The maximum absolute atomic E-state index is 12.9. The Labute approximate surface area is 158 Å². The standard InChI is InChI=1S/C23H21NOS/c1-17-12-14-19(15-13-17)21-22(26-20-10-6-3-7-11-20)23(25)24(21)16-18-8-4-2-5-9-18/h2-15,21-22H,16H2,1H3/t21-,22-/m1/s1. The van der Waals surface area contributed by atoms with Crippen LogP contribution in [0, 0.1) is 6.92 Å². The summed E-state index contributed by atoms with van der Waals surface area (Å²) in [6, 6.07) is 29.1. The van der Waals surface area contributed by atoms with E-state index in [0.717, 1.165) is 4.90 Å². The van der Waals surface area contributed by atoms with Crippen LogP contribution in [0.25, 0.3) is 0 Å². The molecule has 1 fully saturated rings. The molecule has 1 aliphatic heterocycles. The molecule has 1 amide bonds. The Morgan fingerprint density at radius 1 is 0.846 bits per heavy atom. The van der Waals surface area contributed by atoms with Gasteiger partial charge >= 0.3 is 0 Å². The van der Waals surface area contributed by atoms with Crippen molar-refractivity contribution < 1.29 is 4.79 Å². The lowest BCUT2D eigenvalue weighted by Crippen LogP contribution is -2.56. The first-order valence-electron chi connectivity index (χ1n) is 8.85. The Bertz CT molecular complexity index is 826. The first kappa shape index (κ1) is 16.9. The molecule has 0 aromatic heterocycles. The number of likely N-dealkylation sites (tertiary alicyclic amines) is 1. The van der Waals surface area contributed by atoms with Crippen molar-refractivity contribution in [1.82, 2.24) is 4.90 Å². The summed E-state index contributed by atoms with van der Waals surface area (Å²) in [5.74, 6) is 0.216. The second-order valence-corrected chi connectivity index (χ2v) is 7.87. The highest BCUT2D eigenvalue weighted by Crippen LogP contribution is 2.45. The van der Waals surface area contributed by atoms with E-state index < -0.39 is 0 Å². The van der Waals surface area contributed by atoms with E-state index in [9.17, 15) is 4.79 Å². The topological polar surface area (TPSA) is 20.3 Å². The van der Waals surface area contributed by atoms with E-state index >= 15 is 0 Å². The van der Waals surface area contributed by atoms with Crippen molar-refractivity contribution in [3.05, 3.63) is 102 Å². The number of β-lactam (4-membered cyclic amide) rings is 1. The molecular weight excluding hydrogens is 338 g/mol. The predicted molar refractivity (Wildman–Crippen MR) is 107 cm³/mol. The fourth-order valence-corrected chi connectivity index (χ4v) is 4.63. The third-order valence-electron chi connectivity index (χ3n) is 4.77. The highest BCUT2D eigenvalue weighted by Gasteiger charge is 2.48. The second-order valence-electron chi connectivity index (χ2n) is 6.66. The lowest BCUT2D eigenvalue weighted by atomic mass is 9.92. The van der Waals surface area contributed by atoms with Gasteiger partial charge in [-0.25, -0.2) is 0 Å². The Morgan fingerprint density at radius 2 is 1.46 bits per heavy atom. The van der Waals surface area contributed by atoms with Crippen molar-refractivity contribution >= 4 is 17.7 Å². The minimum atomic E-state index is -0.0659. The normalized spacial score (nSPS) is 19.3. The maximum Gasteiger partial charge on any atom is 0.239 e. The summed E-state index contributed by atoms with van der Waals surface area (Å²) in [6.07, 6.45) is 0. The lowest BCUT2D eigenvalue weighted by Gasteiger charge is -2.47. The molecule has 2 nitrogen and oxygen atoms in total. The van der Waals surface area contributed by atoms with E-state index in [4.69, 9.17) is 0 Å². The van der Waals surface area contributed by atoms with Crippen LogP contribution < -0.4 is 0 Å². The summed E-state index contributed by atoms with van der Waals surface area (Å²) in [6.45, 7) is 2.75. The van der Waals surface area contributed by atoms with Gasteiger partial charge in [-0.3, -0.25) is 4.79 Å². The van der Waals surface area contributed by atoms with Gasteiger partial charge in [-0.15, -0.1) is 11.8 Å². The number of carbonyl (C=O) groups excluding carboxylic acids is 1. The van der Waals surface area contributed by atoms with Gasteiger partial charge in [0.15, 0.2) is 0 Å². The van der Waals surface area contributed by atoms with E-state index in [0.29, 0.717) is 6.54 Å². The number of benzene rings is 3. The van der Waals surface area contributed by atoms with Crippen LogP contribution in [0.3, 0.4) is 0 Å². The molecule has 0 radical (unpaired) electrons. The van der Waals surface area contributed by atoms with Gasteiger partial charge < -0.3 is 4.90 Å². The summed E-state index contributed by atoms with van der Waals surface area (Å²) >= 11 is 1.67. The molecule has 26 heavy (non-hydrogen) atoms. The minimum Gasteiger partial charge on any atom is -0.329 e. The van der Waals surface area contributed by atoms with E-state index in [-0.39, 0.29) is 17.2 Å². The van der Waals surface area contributed by atoms with Crippen molar-refractivity contribution in [2.45, 2.75) is 29.7 Å². The van der Waals surface area contributed by atoms with Gasteiger partial charge in [0, 0.05) is 11.4 Å². The Balaban J connectivity index is 1.61. The number of hydrogen-bond donors (Lipinski definition) is 0. The first-order valence-corrected chi connectivity index (χ1v) is 9.73. The molecule has 3 heteroatoms. The third kappa shape index (κ3) is 3.40. The third-order valence-corrected chi connectivity index (χ3v) is 6.03. The van der Waals surface area contributed by atoms with Gasteiger partial charge in [-0.2, -0.15) is 0 Å². The summed E-state index contributed by atoms with van der Waals surface area (Å²) < 4.78 is 0. The molecule has 3 aromatic rings. The molecule has 0 N–H and O–H groups in total. The van der Waals surface area contributed by atoms with Crippen LogP contribution in [0.15, 0.2) is 89.8 Å². The smallest absolute Gasteiger partial charge is 0.239 e. The Morgan fingerprint density at radius 3 is 2.12 bits per heavy atom. The fraction of sp³-hybridized carbons (Fsp3) is 0.174. The highest BCUT2D eigenvalue weighted by atomic mass is 32.2. The maximum atomic E-state index is 12.9. The number of carbonyl (C=O) groups is 1. The largest absolute Gasteiger partial charge is 0.329 e. The molecule has 3 aromatic carbocycles. The molecular formula is C23H21NOS. The Hall–Kier alpha value is -2.52. The quantitative estimate of drug-likeness (QED) is 0.581. The lowest BCUT2D eigenvalue weighted by molar-refractivity contribution is -0.146. The average molecular weight is 359 g/mol. The second kappa shape index (κ2) is 7.38. The number of amides is 1. The molecule has 0 saturated carbocycles. The van der Waals surface area contributed by atoms with Crippen LogP contribution in [0.2, 0.25) is 0 Å². The van der Waals surface area contributed by atoms with Crippen LogP contribution in [0.5, 0.6) is 0 Å². The molecule has 1 heterocycles. The molecule has 0 spiro atoms. The molecule has 130 valence electrons. The van der Waals surface area contributed by atoms with Crippen LogP contribution in [-0.2, 0) is 11.3 Å². The molecule has 0 aliphatic carbocycles. The number of thioether (sulfide) groups is 1. The van der Waals surface area contributed by atoms with Crippen LogP contribution in [0.4, 0.5) is 0 Å². The number of nitrogens with zero attached hydrogens (tertiary/aromatic N) is 1. The van der Waals surface area contributed by atoms with Crippen molar-refractivity contribution in [3.63, 3.8) is 0 Å². The van der Waals surface area contributed by atoms with Gasteiger partial charge in [-0.1, -0.05) is 78.4 Å². The zero-order valence-electron chi connectivity index (χ0n) is 14.7. The number of hydrogen-bond acceptors (Lipinski definition) is 2. The monoisotopic (exact) mass is 359 g/mol. The minimum absolute atomic E-state index is 0.0659. The van der Waals surface area contributed by atoms with E-state index in [1.807, 2.05) is 41.3 Å². The van der Waals surface area contributed by atoms with Gasteiger partial charge in [0.2, 0.25) is 5.91 Å². The van der Waals surface area contributed by atoms with E-state index in [1.54, 1.807) is 11.8 Å². The zero-order chi connectivity index (χ0) is 17.9. The van der Waals surface area contributed by atoms with Gasteiger partial charge in [-0.05, 0) is 30.2 Å². The van der Waals surface area contributed by atoms with Crippen molar-refractivity contribution in [2.75, 3.05) is 0 Å². The van der Waals surface area contributed by atoms with Crippen molar-refractivity contribution in [2.24, 2.45) is 0 Å². The molecule has 2 atom stereocenters. The zero-order valence-corrected chi connectivity index (χ0v) is 15.5. The van der Waals surface area contributed by atoms with Gasteiger partial charge in [0.05, 0.1) is 6.04 Å². The molecule has 1 saturated heterocycles. The fourth-order valence-electron chi connectivity index (χ4n) is 3.35. The van der Waals surface area contributed by atoms with Crippen LogP contribution in [0.1, 0.15) is 22.7 Å². The molecule has 0 unspecified atom stereocenters. The molecule has 4 rings (SSSR count). The predicted octanol–water partition coefficient (Wildman–Crippen LogP) is 5.24. The van der Waals surface area contributed by atoms with Gasteiger partial charge in [0.25, 0.3) is 0 Å². The first-order chi connectivity index (χ1) is 12.7. The van der Waals surface area contributed by atoms with Gasteiger partial charge in [0.1, 0.15) is 5.25 Å². The van der Waals surface area contributed by atoms with Crippen LogP contribution in [-0.4, -0.2) is 16.1 Å². The summed E-state index contributed by atoms with van der Waals surface area (Å²) in [4.78, 5) is 16.1. The average Bonchev–Trinajstić information content (AvgIpc) is 2.69. The van der Waals surface area contributed by atoms with E-state index in [2.05, 4.69) is 55.5 Å². The van der Waals surface area contributed by atoms with E-state index in [1.165, 1.54) is 16.7 Å². The number of aryl methyl sites for hydroxylation is 1. The van der Waals surface area contributed by atoms with Crippen molar-refractivity contribution in [3.8, 4) is 0 Å². The number of rotatable bonds is 5.